The Morgan fingerprint density at radius 1 is 1.29 bits per heavy atom. The van der Waals surface area contributed by atoms with E-state index in [9.17, 15) is 4.79 Å². The first kappa shape index (κ1) is 12.8. The second-order valence-electron chi connectivity index (χ2n) is 5.88. The van der Waals surface area contributed by atoms with Gasteiger partial charge in [-0.05, 0) is 26.7 Å². The van der Waals surface area contributed by atoms with Gasteiger partial charge in [-0.25, -0.2) is 0 Å². The lowest BCUT2D eigenvalue weighted by molar-refractivity contribution is -0.137. The van der Waals surface area contributed by atoms with Gasteiger partial charge in [0, 0.05) is 25.2 Å². The largest absolute Gasteiger partial charge is 0.353 e. The average molecular weight is 239 g/mol. The Hall–Kier alpha value is -0.610. The second-order valence-corrected chi connectivity index (χ2v) is 5.88. The van der Waals surface area contributed by atoms with Gasteiger partial charge in [-0.2, -0.15) is 0 Å². The number of piperazine rings is 1. The molecule has 0 aromatic rings. The lowest BCUT2D eigenvalue weighted by Gasteiger charge is -2.47. The summed E-state index contributed by atoms with van der Waals surface area (Å²) in [6.45, 7) is 5.71. The van der Waals surface area contributed by atoms with Crippen LogP contribution in [0, 0.1) is 0 Å². The van der Waals surface area contributed by atoms with E-state index in [2.05, 4.69) is 10.2 Å². The molecule has 2 aliphatic rings. The lowest BCUT2D eigenvalue weighted by atomic mass is 9.92. The minimum atomic E-state index is -0.412. The molecule has 17 heavy (non-hydrogen) atoms. The van der Waals surface area contributed by atoms with Crippen LogP contribution in [-0.2, 0) is 4.79 Å². The van der Waals surface area contributed by atoms with Crippen LogP contribution in [0.5, 0.6) is 0 Å². The Morgan fingerprint density at radius 2 is 2.00 bits per heavy atom. The molecular weight excluding hydrogens is 214 g/mol. The molecule has 0 radical (unpaired) electrons. The molecule has 4 heteroatoms. The molecule has 0 aromatic carbocycles. The third-order valence-corrected chi connectivity index (χ3v) is 4.34. The van der Waals surface area contributed by atoms with Gasteiger partial charge < -0.3 is 11.1 Å². The van der Waals surface area contributed by atoms with Gasteiger partial charge in [0.25, 0.3) is 0 Å². The number of rotatable bonds is 1. The molecule has 0 spiro atoms. The van der Waals surface area contributed by atoms with E-state index < -0.39 is 5.54 Å². The summed E-state index contributed by atoms with van der Waals surface area (Å²) < 4.78 is 0. The van der Waals surface area contributed by atoms with E-state index in [4.69, 9.17) is 5.73 Å². The third-order valence-electron chi connectivity index (χ3n) is 4.34. The fourth-order valence-corrected chi connectivity index (χ4v) is 3.20. The number of carbonyl (C=O) groups is 1. The van der Waals surface area contributed by atoms with Crippen molar-refractivity contribution in [3.05, 3.63) is 0 Å². The summed E-state index contributed by atoms with van der Waals surface area (Å²) in [7, 11) is 0. The minimum Gasteiger partial charge on any atom is -0.353 e. The molecule has 1 amide bonds. The van der Waals surface area contributed by atoms with Gasteiger partial charge in [0.1, 0.15) is 0 Å². The number of nitrogens with zero attached hydrogens (tertiary/aromatic N) is 1. The molecule has 1 aliphatic heterocycles. The molecule has 2 unspecified atom stereocenters. The Morgan fingerprint density at radius 3 is 2.76 bits per heavy atom. The van der Waals surface area contributed by atoms with Crippen molar-refractivity contribution in [1.82, 2.24) is 10.2 Å². The first-order valence-electron chi connectivity index (χ1n) is 6.84. The van der Waals surface area contributed by atoms with Crippen LogP contribution in [0.1, 0.15) is 46.0 Å². The smallest absolute Gasteiger partial charge is 0.240 e. The van der Waals surface area contributed by atoms with Crippen LogP contribution in [0.25, 0.3) is 0 Å². The zero-order valence-electron chi connectivity index (χ0n) is 11.0. The number of nitrogens with two attached hydrogens (primary N) is 1. The molecule has 0 aromatic heterocycles. The number of hydrogen-bond acceptors (Lipinski definition) is 3. The summed E-state index contributed by atoms with van der Waals surface area (Å²) >= 11 is 0. The minimum absolute atomic E-state index is 0.139. The highest BCUT2D eigenvalue weighted by Gasteiger charge is 2.42. The van der Waals surface area contributed by atoms with Crippen molar-refractivity contribution in [2.24, 2.45) is 5.73 Å². The van der Waals surface area contributed by atoms with E-state index in [-0.39, 0.29) is 11.9 Å². The van der Waals surface area contributed by atoms with Crippen LogP contribution in [0.3, 0.4) is 0 Å². The summed E-state index contributed by atoms with van der Waals surface area (Å²) in [5, 5.41) is 2.95. The van der Waals surface area contributed by atoms with Gasteiger partial charge in [-0.15, -0.1) is 0 Å². The fourth-order valence-electron chi connectivity index (χ4n) is 3.20. The van der Waals surface area contributed by atoms with Crippen molar-refractivity contribution in [3.63, 3.8) is 0 Å². The van der Waals surface area contributed by atoms with Crippen molar-refractivity contribution in [2.75, 3.05) is 13.1 Å². The monoisotopic (exact) mass is 239 g/mol. The Balaban J connectivity index is 2.15. The first-order chi connectivity index (χ1) is 8.03. The van der Waals surface area contributed by atoms with E-state index >= 15 is 0 Å². The van der Waals surface area contributed by atoms with Gasteiger partial charge >= 0.3 is 0 Å². The van der Waals surface area contributed by atoms with Crippen molar-refractivity contribution < 1.29 is 4.79 Å². The molecule has 1 saturated heterocycles. The standard InChI is InChI=1S/C13H25N3O/c1-13(2)12(17)15-8-9-16(13)11-7-5-3-4-6-10(11)14/h10-11H,3-9,14H2,1-2H3,(H,15,17). The molecule has 2 rings (SSSR count). The van der Waals surface area contributed by atoms with Gasteiger partial charge in [0.15, 0.2) is 0 Å². The molecule has 3 N–H and O–H groups in total. The van der Waals surface area contributed by atoms with Crippen LogP contribution in [0.2, 0.25) is 0 Å². The van der Waals surface area contributed by atoms with E-state index in [1.807, 2.05) is 13.8 Å². The summed E-state index contributed by atoms with van der Waals surface area (Å²) in [4.78, 5) is 14.3. The summed E-state index contributed by atoms with van der Waals surface area (Å²) in [5.74, 6) is 0.139. The Labute approximate surface area is 104 Å². The van der Waals surface area contributed by atoms with E-state index in [0.29, 0.717) is 6.04 Å². The van der Waals surface area contributed by atoms with Crippen LogP contribution in [0.4, 0.5) is 0 Å². The highest BCUT2D eigenvalue weighted by atomic mass is 16.2. The molecule has 98 valence electrons. The number of hydrogen-bond donors (Lipinski definition) is 2. The zero-order chi connectivity index (χ0) is 12.5. The summed E-state index contributed by atoms with van der Waals surface area (Å²) in [6, 6.07) is 0.598. The van der Waals surface area contributed by atoms with Gasteiger partial charge in [-0.3, -0.25) is 9.69 Å². The zero-order valence-corrected chi connectivity index (χ0v) is 11.0. The van der Waals surface area contributed by atoms with E-state index in [0.717, 1.165) is 25.9 Å². The lowest BCUT2D eigenvalue weighted by Crippen LogP contribution is -2.67. The predicted molar refractivity (Wildman–Crippen MR) is 68.6 cm³/mol. The van der Waals surface area contributed by atoms with Gasteiger partial charge in [0.2, 0.25) is 5.91 Å². The van der Waals surface area contributed by atoms with Crippen molar-refractivity contribution in [1.29, 1.82) is 0 Å². The Bertz CT molecular complexity index is 290. The maximum Gasteiger partial charge on any atom is 0.240 e. The fraction of sp³-hybridized carbons (Fsp3) is 0.923. The second kappa shape index (κ2) is 4.94. The molecule has 1 heterocycles. The molecule has 1 saturated carbocycles. The van der Waals surface area contributed by atoms with Crippen molar-refractivity contribution in [2.45, 2.75) is 63.6 Å². The summed E-state index contributed by atoms with van der Waals surface area (Å²) in [6.07, 6.45) is 5.99. The molecule has 1 aliphatic carbocycles. The first-order valence-corrected chi connectivity index (χ1v) is 6.84. The van der Waals surface area contributed by atoms with E-state index in [1.165, 1.54) is 19.3 Å². The maximum absolute atomic E-state index is 12.0. The quantitative estimate of drug-likeness (QED) is 0.667. The van der Waals surface area contributed by atoms with Gasteiger partial charge in [-0.1, -0.05) is 19.3 Å². The van der Waals surface area contributed by atoms with Crippen LogP contribution in [-0.4, -0.2) is 41.5 Å². The van der Waals surface area contributed by atoms with Crippen LogP contribution >= 0.6 is 0 Å². The molecule has 2 fully saturated rings. The molecule has 2 atom stereocenters. The number of amides is 1. The molecular formula is C13H25N3O. The van der Waals surface area contributed by atoms with Crippen LogP contribution < -0.4 is 11.1 Å². The number of nitrogens with one attached hydrogen (secondary N) is 1. The van der Waals surface area contributed by atoms with Gasteiger partial charge in [0.05, 0.1) is 5.54 Å². The van der Waals surface area contributed by atoms with Crippen molar-refractivity contribution >= 4 is 5.91 Å². The Kier molecular flexibility index (Phi) is 3.73. The average Bonchev–Trinajstić information content (AvgIpc) is 2.47. The maximum atomic E-state index is 12.0. The van der Waals surface area contributed by atoms with E-state index in [1.54, 1.807) is 0 Å². The number of carbonyl (C=O) groups excluding carboxylic acids is 1. The summed E-state index contributed by atoms with van der Waals surface area (Å²) in [5.41, 5.74) is 5.89. The van der Waals surface area contributed by atoms with Crippen LogP contribution in [0.15, 0.2) is 0 Å². The highest BCUT2D eigenvalue weighted by Crippen LogP contribution is 2.28. The topological polar surface area (TPSA) is 58.4 Å². The third kappa shape index (κ3) is 2.47. The molecule has 4 nitrogen and oxygen atoms in total. The SMILES string of the molecule is CC1(C)C(=O)NCCN1C1CCCCCC1N. The normalized spacial score (nSPS) is 35.1. The predicted octanol–water partition coefficient (Wildman–Crippen LogP) is 0.857. The molecule has 0 bridgehead atoms. The highest BCUT2D eigenvalue weighted by molar-refractivity contribution is 5.86. The van der Waals surface area contributed by atoms with Crippen molar-refractivity contribution in [3.8, 4) is 0 Å².